The highest BCUT2D eigenvalue weighted by Crippen LogP contribution is 2.39. The highest BCUT2D eigenvalue weighted by atomic mass is 79.9. The molecule has 1 saturated heterocycles. The summed E-state index contributed by atoms with van der Waals surface area (Å²) in [5, 5.41) is 13.4. The standard InChI is InChI=1S/C17H27BrN2O2/c1-3-4-5-6-15(20-9-7-19-8-10-20)13-11-14(18)17(21)16(12-13)22-2/h11-12,15,19,21H,3-10H2,1-2H3/t15-/m0/s1. The molecule has 0 spiro atoms. The molecule has 0 amide bonds. The first-order chi connectivity index (χ1) is 10.7. The molecule has 1 heterocycles. The van der Waals surface area contributed by atoms with Crippen molar-refractivity contribution in [3.05, 3.63) is 22.2 Å². The Morgan fingerprint density at radius 1 is 1.32 bits per heavy atom. The zero-order valence-corrected chi connectivity index (χ0v) is 15.2. The van der Waals surface area contributed by atoms with E-state index in [1.54, 1.807) is 7.11 Å². The minimum Gasteiger partial charge on any atom is -0.503 e. The molecule has 0 unspecified atom stereocenters. The van der Waals surface area contributed by atoms with Crippen LogP contribution in [0.2, 0.25) is 0 Å². The third-order valence-corrected chi connectivity index (χ3v) is 4.93. The predicted molar refractivity (Wildman–Crippen MR) is 93.7 cm³/mol. The van der Waals surface area contributed by atoms with Crippen LogP contribution in [0.15, 0.2) is 16.6 Å². The lowest BCUT2D eigenvalue weighted by Crippen LogP contribution is -2.45. The summed E-state index contributed by atoms with van der Waals surface area (Å²) >= 11 is 3.45. The summed E-state index contributed by atoms with van der Waals surface area (Å²) in [6.07, 6.45) is 4.87. The van der Waals surface area contributed by atoms with E-state index in [1.165, 1.54) is 24.8 Å². The van der Waals surface area contributed by atoms with Gasteiger partial charge in [0, 0.05) is 32.2 Å². The number of ether oxygens (including phenoxy) is 1. The van der Waals surface area contributed by atoms with Crippen molar-refractivity contribution in [1.29, 1.82) is 0 Å². The Kier molecular flexibility index (Phi) is 6.99. The normalized spacial score (nSPS) is 17.4. The van der Waals surface area contributed by atoms with Crippen LogP contribution in [-0.2, 0) is 0 Å². The van der Waals surface area contributed by atoms with E-state index in [-0.39, 0.29) is 5.75 Å². The smallest absolute Gasteiger partial charge is 0.172 e. The molecule has 1 aliphatic heterocycles. The molecule has 0 aliphatic carbocycles. The molecule has 0 radical (unpaired) electrons. The number of nitrogens with zero attached hydrogens (tertiary/aromatic N) is 1. The first-order valence-corrected chi connectivity index (χ1v) is 8.97. The molecular weight excluding hydrogens is 344 g/mol. The molecule has 4 nitrogen and oxygen atoms in total. The maximum atomic E-state index is 10.0. The number of phenols is 1. The van der Waals surface area contributed by atoms with Crippen LogP contribution < -0.4 is 10.1 Å². The van der Waals surface area contributed by atoms with Crippen LogP contribution in [0.5, 0.6) is 11.5 Å². The number of hydrogen-bond donors (Lipinski definition) is 2. The van der Waals surface area contributed by atoms with E-state index in [0.29, 0.717) is 16.3 Å². The number of phenolic OH excluding ortho intramolecular Hbond substituents is 1. The summed E-state index contributed by atoms with van der Waals surface area (Å²) in [6, 6.07) is 4.41. The number of rotatable bonds is 7. The number of methoxy groups -OCH3 is 1. The molecule has 2 N–H and O–H groups in total. The zero-order valence-electron chi connectivity index (χ0n) is 13.6. The van der Waals surface area contributed by atoms with Gasteiger partial charge in [0.1, 0.15) is 0 Å². The number of hydrogen-bond acceptors (Lipinski definition) is 4. The second-order valence-electron chi connectivity index (χ2n) is 5.85. The van der Waals surface area contributed by atoms with Crippen molar-refractivity contribution in [3.8, 4) is 11.5 Å². The van der Waals surface area contributed by atoms with Crippen LogP contribution in [-0.4, -0.2) is 43.3 Å². The number of halogens is 1. The predicted octanol–water partition coefficient (Wildman–Crippen LogP) is 3.69. The van der Waals surface area contributed by atoms with E-state index >= 15 is 0 Å². The van der Waals surface area contributed by atoms with Gasteiger partial charge < -0.3 is 15.2 Å². The van der Waals surface area contributed by atoms with Gasteiger partial charge in [0.25, 0.3) is 0 Å². The summed E-state index contributed by atoms with van der Waals surface area (Å²) in [5.41, 5.74) is 1.22. The third-order valence-electron chi connectivity index (χ3n) is 4.33. The van der Waals surface area contributed by atoms with Gasteiger partial charge >= 0.3 is 0 Å². The molecule has 5 heteroatoms. The number of aromatic hydroxyl groups is 1. The third kappa shape index (κ3) is 4.37. The van der Waals surface area contributed by atoms with E-state index in [0.717, 1.165) is 32.6 Å². The van der Waals surface area contributed by atoms with Crippen molar-refractivity contribution < 1.29 is 9.84 Å². The Morgan fingerprint density at radius 2 is 2.05 bits per heavy atom. The first-order valence-electron chi connectivity index (χ1n) is 8.18. The molecule has 0 aromatic heterocycles. The minimum absolute atomic E-state index is 0.180. The Morgan fingerprint density at radius 3 is 2.68 bits per heavy atom. The molecule has 1 aliphatic rings. The number of unbranched alkanes of at least 4 members (excludes halogenated alkanes) is 2. The van der Waals surface area contributed by atoms with E-state index in [1.807, 2.05) is 12.1 Å². The topological polar surface area (TPSA) is 44.7 Å². The zero-order chi connectivity index (χ0) is 15.9. The van der Waals surface area contributed by atoms with Crippen LogP contribution in [0, 0.1) is 0 Å². The van der Waals surface area contributed by atoms with E-state index in [9.17, 15) is 5.11 Å². The van der Waals surface area contributed by atoms with Crippen molar-refractivity contribution >= 4 is 15.9 Å². The summed E-state index contributed by atoms with van der Waals surface area (Å²) in [5.74, 6) is 0.721. The SMILES string of the molecule is CCCCC[C@@H](c1cc(Br)c(O)c(OC)c1)N1CCNCC1. The van der Waals surface area contributed by atoms with E-state index < -0.39 is 0 Å². The van der Waals surface area contributed by atoms with Crippen LogP contribution in [0.3, 0.4) is 0 Å². The van der Waals surface area contributed by atoms with E-state index in [2.05, 4.69) is 33.1 Å². The monoisotopic (exact) mass is 370 g/mol. The summed E-state index contributed by atoms with van der Waals surface area (Å²) in [6.45, 7) is 6.45. The van der Waals surface area contributed by atoms with Crippen molar-refractivity contribution in [2.24, 2.45) is 0 Å². The molecule has 1 atom stereocenters. The minimum atomic E-state index is 0.180. The van der Waals surface area contributed by atoms with Crippen molar-refractivity contribution in [2.45, 2.75) is 38.6 Å². The second kappa shape index (κ2) is 8.75. The Labute approximate surface area is 142 Å². The van der Waals surface area contributed by atoms with Gasteiger partial charge in [-0.05, 0) is 40.0 Å². The van der Waals surface area contributed by atoms with Gasteiger partial charge in [0.15, 0.2) is 11.5 Å². The fourth-order valence-corrected chi connectivity index (χ4v) is 3.54. The van der Waals surface area contributed by atoms with Gasteiger partial charge in [0.05, 0.1) is 11.6 Å². The lowest BCUT2D eigenvalue weighted by molar-refractivity contribution is 0.162. The summed E-state index contributed by atoms with van der Waals surface area (Å²) < 4.78 is 6.02. The van der Waals surface area contributed by atoms with Crippen molar-refractivity contribution in [3.63, 3.8) is 0 Å². The summed E-state index contributed by atoms with van der Waals surface area (Å²) in [4.78, 5) is 2.55. The Balaban J connectivity index is 2.24. The van der Waals surface area contributed by atoms with Crippen LogP contribution in [0.25, 0.3) is 0 Å². The number of nitrogens with one attached hydrogen (secondary N) is 1. The molecule has 22 heavy (non-hydrogen) atoms. The first kappa shape index (κ1) is 17.6. The van der Waals surface area contributed by atoms with Gasteiger partial charge in [-0.15, -0.1) is 0 Å². The highest BCUT2D eigenvalue weighted by Gasteiger charge is 2.23. The molecule has 1 fully saturated rings. The van der Waals surface area contributed by atoms with Crippen LogP contribution in [0.1, 0.15) is 44.2 Å². The van der Waals surface area contributed by atoms with Gasteiger partial charge in [-0.2, -0.15) is 0 Å². The second-order valence-corrected chi connectivity index (χ2v) is 6.71. The molecule has 0 saturated carbocycles. The van der Waals surface area contributed by atoms with Gasteiger partial charge in [-0.3, -0.25) is 4.90 Å². The lowest BCUT2D eigenvalue weighted by Gasteiger charge is -2.35. The highest BCUT2D eigenvalue weighted by molar-refractivity contribution is 9.10. The van der Waals surface area contributed by atoms with Gasteiger partial charge in [0.2, 0.25) is 0 Å². The largest absolute Gasteiger partial charge is 0.503 e. The summed E-state index contributed by atoms with van der Waals surface area (Å²) in [7, 11) is 1.60. The lowest BCUT2D eigenvalue weighted by atomic mass is 9.97. The van der Waals surface area contributed by atoms with Gasteiger partial charge in [-0.1, -0.05) is 26.2 Å². The van der Waals surface area contributed by atoms with Crippen LogP contribution >= 0.6 is 15.9 Å². The molecular formula is C17H27BrN2O2. The van der Waals surface area contributed by atoms with Gasteiger partial charge in [-0.25, -0.2) is 0 Å². The average Bonchev–Trinajstić information content (AvgIpc) is 2.55. The fourth-order valence-electron chi connectivity index (χ4n) is 3.08. The number of benzene rings is 1. The molecule has 1 aromatic rings. The maximum Gasteiger partial charge on any atom is 0.172 e. The molecule has 124 valence electrons. The molecule has 1 aromatic carbocycles. The van der Waals surface area contributed by atoms with Crippen molar-refractivity contribution in [2.75, 3.05) is 33.3 Å². The maximum absolute atomic E-state index is 10.0. The van der Waals surface area contributed by atoms with Crippen LogP contribution in [0.4, 0.5) is 0 Å². The van der Waals surface area contributed by atoms with E-state index in [4.69, 9.17) is 4.74 Å². The van der Waals surface area contributed by atoms with Crippen molar-refractivity contribution in [1.82, 2.24) is 10.2 Å². The Hall–Kier alpha value is -0.780. The number of piperazine rings is 1. The quantitative estimate of drug-likeness (QED) is 0.718. The average molecular weight is 371 g/mol. The fraction of sp³-hybridized carbons (Fsp3) is 0.647. The molecule has 0 bridgehead atoms. The Bertz CT molecular complexity index is 476. The molecule has 2 rings (SSSR count).